The van der Waals surface area contributed by atoms with Gasteiger partial charge in [0.05, 0.1) is 12.4 Å². The Morgan fingerprint density at radius 1 is 0.688 bits per heavy atom. The highest BCUT2D eigenvalue weighted by Crippen LogP contribution is 2.56. The van der Waals surface area contributed by atoms with Crippen LogP contribution in [-0.4, -0.2) is 75.2 Å². The molecule has 1 unspecified atom stereocenters. The van der Waals surface area contributed by atoms with Crippen LogP contribution in [0.4, 0.5) is 22.0 Å². The smallest absolute Gasteiger partial charge is 0.411 e. The molecule has 0 aliphatic heterocycles. The number of hydrogen-bond donors (Lipinski definition) is 3. The Morgan fingerprint density at radius 3 is 1.58 bits per heavy atom. The number of rotatable bonds is 11. The lowest BCUT2D eigenvalue weighted by atomic mass is 10.0. The van der Waals surface area contributed by atoms with Crippen molar-refractivity contribution in [2.24, 2.45) is 28.2 Å². The predicted molar refractivity (Wildman–Crippen MR) is 287 cm³/mol. The first-order chi connectivity index (χ1) is 36.1. The Hall–Kier alpha value is -8.49. The molecule has 10 rings (SSSR count). The number of carbonyl (C=O) groups is 2. The van der Waals surface area contributed by atoms with Crippen molar-refractivity contribution in [2.45, 2.75) is 83.5 Å². The van der Waals surface area contributed by atoms with E-state index in [0.717, 1.165) is 33.6 Å². The second-order valence-electron chi connectivity index (χ2n) is 20.3. The van der Waals surface area contributed by atoms with Crippen molar-refractivity contribution in [1.29, 1.82) is 0 Å². The molecule has 2 aliphatic carbocycles. The zero-order valence-corrected chi connectivity index (χ0v) is 43.8. The maximum Gasteiger partial charge on any atom is 0.411 e. The lowest BCUT2D eigenvalue weighted by Gasteiger charge is -2.24. The van der Waals surface area contributed by atoms with Crippen LogP contribution in [0.3, 0.4) is 0 Å². The van der Waals surface area contributed by atoms with E-state index in [1.54, 1.807) is 33.5 Å². The summed E-state index contributed by atoms with van der Waals surface area (Å²) in [6.45, 7) is 9.06. The molecule has 2 amide bonds. The molecule has 6 heterocycles. The van der Waals surface area contributed by atoms with E-state index in [-0.39, 0.29) is 56.0 Å². The van der Waals surface area contributed by atoms with Crippen molar-refractivity contribution in [2.75, 3.05) is 7.05 Å². The van der Waals surface area contributed by atoms with Crippen LogP contribution in [-0.2, 0) is 34.6 Å². The quantitative estimate of drug-likeness (QED) is 0.107. The summed E-state index contributed by atoms with van der Waals surface area (Å²) in [5, 5.41) is 2.72. The maximum absolute atomic E-state index is 14.0. The van der Waals surface area contributed by atoms with Gasteiger partial charge in [-0.1, -0.05) is 43.3 Å². The number of halogens is 5. The van der Waals surface area contributed by atoms with Gasteiger partial charge in [0.25, 0.3) is 40.0 Å². The van der Waals surface area contributed by atoms with Crippen molar-refractivity contribution < 1.29 is 45.3 Å². The van der Waals surface area contributed by atoms with E-state index >= 15 is 0 Å². The number of aromatic nitrogens is 6. The Balaban J connectivity index is 0.000000249. The average molecular weight is 1070 g/mol. The second-order valence-corrected chi connectivity index (χ2v) is 20.3. The van der Waals surface area contributed by atoms with Crippen LogP contribution in [0.5, 0.6) is 23.0 Å². The topological polar surface area (TPSA) is 187 Å². The monoisotopic (exact) mass is 1070 g/mol. The van der Waals surface area contributed by atoms with E-state index in [0.29, 0.717) is 50.6 Å². The number of ether oxygens (including phenoxy) is 2. The molecular weight excluding hydrogens is 1010 g/mol. The van der Waals surface area contributed by atoms with Gasteiger partial charge in [0.15, 0.2) is 11.5 Å². The van der Waals surface area contributed by atoms with Crippen LogP contribution >= 0.6 is 0 Å². The molecular formula is C56H61F5N8O8. The molecule has 408 valence electrons. The van der Waals surface area contributed by atoms with Crippen molar-refractivity contribution in [3.05, 3.63) is 161 Å². The minimum atomic E-state index is -4.58. The fraction of sp³-hybridized carbons (Fsp3) is 0.321. The number of aromatic amines is 2. The number of fused-ring (bicyclic) bond motifs is 2. The SMILES string of the molecule is CCc1cccc(C)c1Oc1cn(C)c(=O)cc1-c1cn(C)c(=O)c2[nH]c(C(=O)N(C)C3(C)CC3(F)F)cc12.Cc1cccc(C)c1Oc1cn(C)c(=O)cc1-c1cn(C)c(=O)c2[nH]c(C(=O)NC3(C(F)(F)F)CC3)cc12.[HH].[HH].[HH]. The summed E-state index contributed by atoms with van der Waals surface area (Å²) in [6.07, 6.45) is 1.50. The fourth-order valence-electron chi connectivity index (χ4n) is 9.49. The van der Waals surface area contributed by atoms with E-state index < -0.39 is 52.5 Å². The number of para-hydroxylation sites is 2. The first-order valence-corrected chi connectivity index (χ1v) is 24.5. The molecule has 16 nitrogen and oxygen atoms in total. The molecule has 3 N–H and O–H groups in total. The maximum atomic E-state index is 14.0. The van der Waals surface area contributed by atoms with Crippen molar-refractivity contribution in [3.8, 4) is 45.3 Å². The van der Waals surface area contributed by atoms with Gasteiger partial charge in [-0.25, -0.2) is 8.78 Å². The van der Waals surface area contributed by atoms with Gasteiger partial charge in [0.2, 0.25) is 0 Å². The van der Waals surface area contributed by atoms with E-state index in [4.69, 9.17) is 9.47 Å². The summed E-state index contributed by atoms with van der Waals surface area (Å²) >= 11 is 0. The van der Waals surface area contributed by atoms with E-state index in [9.17, 15) is 50.7 Å². The minimum Gasteiger partial charge on any atom is -0.455 e. The van der Waals surface area contributed by atoms with E-state index in [1.165, 1.54) is 75.9 Å². The number of aryl methyl sites for hydroxylation is 8. The normalized spacial score (nSPS) is 16.2. The van der Waals surface area contributed by atoms with E-state index in [2.05, 4.69) is 15.3 Å². The number of alkyl halides is 5. The fourth-order valence-corrected chi connectivity index (χ4v) is 9.49. The summed E-state index contributed by atoms with van der Waals surface area (Å²) in [6, 6.07) is 17.1. The molecule has 1 atom stereocenters. The third kappa shape index (κ3) is 9.41. The Kier molecular flexibility index (Phi) is 13.1. The van der Waals surface area contributed by atoms with Gasteiger partial charge >= 0.3 is 6.18 Å². The average Bonchev–Trinajstić information content (AvgIpc) is 4.16. The standard InChI is InChI=1S/C29H30F2N4O4.C27H25F3N4O4.3H2/c1-7-17-10-8-9-16(2)25(17)39-22-14-33(4)23(36)12-18(22)20-13-34(5)27(38)24-19(20)11-21(32-24)26(37)35(6)28(3)15-29(28,30)31;1-14-6-5-7-15(2)23(14)38-20-13-33(3)21(35)11-16(20)18-12-34(4)25(37)22-17(18)10-19(31-22)24(36)32-26(8-9-26)27(28,29)30;;;/h8-14,32H,7,15H2,1-6H3;5-7,10-13,31H,8-9H2,1-4H3,(H,32,36);3*1H. The van der Waals surface area contributed by atoms with Gasteiger partial charge in [-0.2, -0.15) is 13.2 Å². The number of nitrogens with zero attached hydrogens (tertiary/aromatic N) is 5. The number of benzene rings is 2. The molecule has 77 heavy (non-hydrogen) atoms. The van der Waals surface area contributed by atoms with Gasteiger partial charge in [0.1, 0.15) is 45.0 Å². The van der Waals surface area contributed by atoms with Gasteiger partial charge in [-0.05, 0) is 81.3 Å². The van der Waals surface area contributed by atoms with Crippen LogP contribution in [0.25, 0.3) is 44.1 Å². The summed E-state index contributed by atoms with van der Waals surface area (Å²) in [5.41, 5.74) is -0.122. The lowest BCUT2D eigenvalue weighted by Crippen LogP contribution is -2.47. The van der Waals surface area contributed by atoms with Crippen molar-refractivity contribution in [1.82, 2.24) is 38.5 Å². The molecule has 0 radical (unpaired) electrons. The van der Waals surface area contributed by atoms with Crippen LogP contribution in [0.15, 0.2) is 105 Å². The van der Waals surface area contributed by atoms with Crippen LogP contribution in [0.2, 0.25) is 0 Å². The van der Waals surface area contributed by atoms with Gasteiger partial charge in [0, 0.05) is 103 Å². The van der Waals surface area contributed by atoms with Gasteiger partial charge < -0.3 is 47.9 Å². The summed E-state index contributed by atoms with van der Waals surface area (Å²) in [5.74, 6) is -2.63. The first kappa shape index (κ1) is 53.3. The molecule has 0 bridgehead atoms. The molecule has 2 fully saturated rings. The van der Waals surface area contributed by atoms with E-state index in [1.807, 2.05) is 64.1 Å². The molecule has 2 saturated carbocycles. The third-order valence-corrected chi connectivity index (χ3v) is 14.8. The highest BCUT2D eigenvalue weighted by molar-refractivity contribution is 6.04. The third-order valence-electron chi connectivity index (χ3n) is 14.8. The molecule has 0 spiro atoms. The molecule has 2 aliphatic rings. The first-order valence-electron chi connectivity index (χ1n) is 24.5. The number of hydrogen-bond acceptors (Lipinski definition) is 8. The molecule has 2 aromatic carbocycles. The Bertz CT molecular complexity index is 4010. The Labute approximate surface area is 440 Å². The van der Waals surface area contributed by atoms with Crippen LogP contribution in [0.1, 0.15) is 80.6 Å². The molecule has 8 aromatic rings. The molecule has 0 saturated heterocycles. The Morgan fingerprint density at radius 2 is 1.13 bits per heavy atom. The van der Waals surface area contributed by atoms with Crippen LogP contribution in [0, 0.1) is 20.8 Å². The minimum absolute atomic E-state index is 0. The second kappa shape index (κ2) is 19.0. The highest BCUT2D eigenvalue weighted by Gasteiger charge is 2.71. The molecule has 21 heteroatoms. The summed E-state index contributed by atoms with van der Waals surface area (Å²) in [4.78, 5) is 84.0. The number of nitrogens with one attached hydrogen (secondary N) is 3. The predicted octanol–water partition coefficient (Wildman–Crippen LogP) is 9.97. The number of carbonyl (C=O) groups excluding carboxylic acids is 2. The highest BCUT2D eigenvalue weighted by atomic mass is 19.4. The number of amides is 2. The lowest BCUT2D eigenvalue weighted by molar-refractivity contribution is -0.163. The van der Waals surface area contributed by atoms with Gasteiger partial charge in [-0.3, -0.25) is 28.8 Å². The summed E-state index contributed by atoms with van der Waals surface area (Å²) < 4.78 is 86.3. The van der Waals surface area contributed by atoms with Gasteiger partial charge in [-0.15, -0.1) is 0 Å². The zero-order valence-electron chi connectivity index (χ0n) is 43.8. The molecule has 6 aromatic heterocycles. The van der Waals surface area contributed by atoms with Crippen LogP contribution < -0.4 is 37.0 Å². The zero-order chi connectivity index (χ0) is 56.0. The number of H-pyrrole nitrogens is 2. The summed E-state index contributed by atoms with van der Waals surface area (Å²) in [7, 11) is 7.58. The number of pyridine rings is 4. The largest absolute Gasteiger partial charge is 0.455 e. The van der Waals surface area contributed by atoms with Crippen molar-refractivity contribution in [3.63, 3.8) is 0 Å². The van der Waals surface area contributed by atoms with Crippen molar-refractivity contribution >= 4 is 33.6 Å².